The van der Waals surface area contributed by atoms with E-state index in [9.17, 15) is 4.39 Å². The number of benzene rings is 2. The predicted octanol–water partition coefficient (Wildman–Crippen LogP) is 4.54. The minimum absolute atomic E-state index is 0.167. The fourth-order valence-electron chi connectivity index (χ4n) is 2.68. The summed E-state index contributed by atoms with van der Waals surface area (Å²) in [5.41, 5.74) is 1.85. The fraction of sp³-hybridized carbons (Fsp3) is 0.294. The van der Waals surface area contributed by atoms with Gasteiger partial charge >= 0.3 is 0 Å². The number of hydrogen-bond donors (Lipinski definition) is 1. The molecule has 0 aliphatic carbocycles. The van der Waals surface area contributed by atoms with Crippen LogP contribution in [0.15, 0.2) is 48.5 Å². The third-order valence-corrected chi connectivity index (χ3v) is 3.56. The summed E-state index contributed by atoms with van der Waals surface area (Å²) in [6, 6.07) is 14.7. The summed E-state index contributed by atoms with van der Waals surface area (Å²) >= 11 is 0. The number of rotatable bonds is 2. The molecule has 3 heteroatoms. The van der Waals surface area contributed by atoms with Crippen molar-refractivity contribution in [1.82, 2.24) is 0 Å². The molecule has 0 bridgehead atoms. The van der Waals surface area contributed by atoms with Crippen LogP contribution in [0.2, 0.25) is 0 Å². The molecule has 0 aromatic heterocycles. The lowest BCUT2D eigenvalue weighted by Gasteiger charge is -2.38. The number of anilines is 1. The van der Waals surface area contributed by atoms with Crippen LogP contribution >= 0.6 is 0 Å². The van der Waals surface area contributed by atoms with Gasteiger partial charge in [-0.2, -0.15) is 0 Å². The van der Waals surface area contributed by atoms with E-state index >= 15 is 0 Å². The molecule has 1 N–H and O–H groups in total. The molecule has 104 valence electrons. The second-order valence-electron chi connectivity index (χ2n) is 5.81. The molecule has 20 heavy (non-hydrogen) atoms. The fourth-order valence-corrected chi connectivity index (χ4v) is 2.68. The van der Waals surface area contributed by atoms with Gasteiger partial charge in [-0.05, 0) is 44.2 Å². The molecule has 0 fully saturated rings. The first-order valence-electron chi connectivity index (χ1n) is 6.84. The van der Waals surface area contributed by atoms with Crippen LogP contribution in [0.1, 0.15) is 31.9 Å². The Bertz CT molecular complexity index is 607. The highest BCUT2D eigenvalue weighted by Gasteiger charge is 2.33. The zero-order chi connectivity index (χ0) is 14.2. The van der Waals surface area contributed by atoms with Crippen LogP contribution in [0.5, 0.6) is 5.75 Å². The average molecular weight is 271 g/mol. The Labute approximate surface area is 118 Å². The van der Waals surface area contributed by atoms with E-state index in [-0.39, 0.29) is 17.5 Å². The van der Waals surface area contributed by atoms with E-state index in [0.29, 0.717) is 0 Å². The summed E-state index contributed by atoms with van der Waals surface area (Å²) < 4.78 is 19.0. The van der Waals surface area contributed by atoms with Crippen LogP contribution < -0.4 is 10.1 Å². The molecule has 1 atom stereocenters. The standard InChI is InChI=1S/C17H18FNO/c1-17(2)11-15(14-5-3-4-6-16(14)20-17)19-13-9-7-12(18)8-10-13/h3-10,15,19H,11H2,1-2H3. The number of hydrogen-bond acceptors (Lipinski definition) is 2. The second-order valence-corrected chi connectivity index (χ2v) is 5.81. The van der Waals surface area contributed by atoms with Gasteiger partial charge < -0.3 is 10.1 Å². The third kappa shape index (κ3) is 2.62. The van der Waals surface area contributed by atoms with E-state index in [1.165, 1.54) is 12.1 Å². The van der Waals surface area contributed by atoms with Crippen molar-refractivity contribution in [2.45, 2.75) is 31.9 Å². The van der Waals surface area contributed by atoms with Crippen molar-refractivity contribution in [2.75, 3.05) is 5.32 Å². The number of ether oxygens (including phenoxy) is 1. The molecule has 0 saturated heterocycles. The predicted molar refractivity (Wildman–Crippen MR) is 78.5 cm³/mol. The Kier molecular flexibility index (Phi) is 3.13. The Morgan fingerprint density at radius 2 is 1.80 bits per heavy atom. The van der Waals surface area contributed by atoms with Crippen LogP contribution in [0.25, 0.3) is 0 Å². The van der Waals surface area contributed by atoms with Gasteiger partial charge in [0.15, 0.2) is 0 Å². The van der Waals surface area contributed by atoms with Crippen molar-refractivity contribution in [1.29, 1.82) is 0 Å². The van der Waals surface area contributed by atoms with Gasteiger partial charge in [-0.15, -0.1) is 0 Å². The van der Waals surface area contributed by atoms with Gasteiger partial charge in [0, 0.05) is 17.7 Å². The number of nitrogens with one attached hydrogen (secondary N) is 1. The Morgan fingerprint density at radius 3 is 2.55 bits per heavy atom. The highest BCUT2D eigenvalue weighted by Crippen LogP contribution is 2.40. The maximum absolute atomic E-state index is 13.0. The summed E-state index contributed by atoms with van der Waals surface area (Å²) in [5.74, 6) is 0.701. The van der Waals surface area contributed by atoms with E-state index in [1.807, 2.05) is 18.2 Å². The molecule has 3 rings (SSSR count). The van der Waals surface area contributed by atoms with Gasteiger partial charge in [0.2, 0.25) is 0 Å². The number of para-hydroxylation sites is 1. The zero-order valence-electron chi connectivity index (χ0n) is 11.7. The van der Waals surface area contributed by atoms with E-state index in [4.69, 9.17) is 4.74 Å². The van der Waals surface area contributed by atoms with Crippen molar-refractivity contribution in [2.24, 2.45) is 0 Å². The molecule has 1 heterocycles. The van der Waals surface area contributed by atoms with Crippen LogP contribution in [-0.2, 0) is 0 Å². The Morgan fingerprint density at radius 1 is 1.10 bits per heavy atom. The smallest absolute Gasteiger partial charge is 0.125 e. The van der Waals surface area contributed by atoms with Crippen molar-refractivity contribution in [3.63, 3.8) is 0 Å². The normalized spacial score (nSPS) is 19.9. The largest absolute Gasteiger partial charge is 0.487 e. The molecule has 0 saturated carbocycles. The van der Waals surface area contributed by atoms with Crippen molar-refractivity contribution in [3.05, 3.63) is 59.9 Å². The molecule has 0 radical (unpaired) electrons. The van der Waals surface area contributed by atoms with E-state index < -0.39 is 0 Å². The lowest BCUT2D eigenvalue weighted by Crippen LogP contribution is -2.37. The molecular formula is C17H18FNO. The van der Waals surface area contributed by atoms with Crippen LogP contribution in [0.3, 0.4) is 0 Å². The van der Waals surface area contributed by atoms with E-state index in [2.05, 4.69) is 25.2 Å². The van der Waals surface area contributed by atoms with Crippen LogP contribution in [-0.4, -0.2) is 5.60 Å². The number of halogens is 1. The third-order valence-electron chi connectivity index (χ3n) is 3.56. The first kappa shape index (κ1) is 13.0. The minimum Gasteiger partial charge on any atom is -0.487 e. The molecule has 1 aliphatic heterocycles. The molecule has 1 aliphatic rings. The van der Waals surface area contributed by atoms with Crippen molar-refractivity contribution < 1.29 is 9.13 Å². The lowest BCUT2D eigenvalue weighted by atomic mass is 9.89. The molecule has 0 amide bonds. The topological polar surface area (TPSA) is 21.3 Å². The first-order chi connectivity index (χ1) is 9.53. The number of fused-ring (bicyclic) bond motifs is 1. The molecule has 1 unspecified atom stereocenters. The summed E-state index contributed by atoms with van der Waals surface area (Å²) in [4.78, 5) is 0. The summed E-state index contributed by atoms with van der Waals surface area (Å²) in [7, 11) is 0. The van der Waals surface area contributed by atoms with Gasteiger partial charge in [0.25, 0.3) is 0 Å². The van der Waals surface area contributed by atoms with Gasteiger partial charge in [-0.3, -0.25) is 0 Å². The highest BCUT2D eigenvalue weighted by atomic mass is 19.1. The Balaban J connectivity index is 1.90. The van der Waals surface area contributed by atoms with Gasteiger partial charge in [-0.1, -0.05) is 18.2 Å². The van der Waals surface area contributed by atoms with Crippen LogP contribution in [0.4, 0.5) is 10.1 Å². The minimum atomic E-state index is -0.219. The van der Waals surface area contributed by atoms with Gasteiger partial charge in [0.05, 0.1) is 6.04 Å². The monoisotopic (exact) mass is 271 g/mol. The lowest BCUT2D eigenvalue weighted by molar-refractivity contribution is 0.0759. The highest BCUT2D eigenvalue weighted by molar-refractivity contribution is 5.49. The summed E-state index contributed by atoms with van der Waals surface area (Å²) in [6.07, 6.45) is 0.862. The SMILES string of the molecule is CC1(C)CC(Nc2ccc(F)cc2)c2ccccc2O1. The molecule has 0 spiro atoms. The van der Waals surface area contributed by atoms with Crippen molar-refractivity contribution >= 4 is 5.69 Å². The second kappa shape index (κ2) is 4.82. The molecular weight excluding hydrogens is 253 g/mol. The molecule has 2 aromatic carbocycles. The van der Waals surface area contributed by atoms with Crippen molar-refractivity contribution in [3.8, 4) is 5.75 Å². The van der Waals surface area contributed by atoms with Crippen LogP contribution in [0, 0.1) is 5.82 Å². The van der Waals surface area contributed by atoms with Gasteiger partial charge in [0.1, 0.15) is 17.2 Å². The maximum Gasteiger partial charge on any atom is 0.125 e. The zero-order valence-corrected chi connectivity index (χ0v) is 11.7. The quantitative estimate of drug-likeness (QED) is 0.865. The van der Waals surface area contributed by atoms with E-state index in [1.54, 1.807) is 12.1 Å². The maximum atomic E-state index is 13.0. The van der Waals surface area contributed by atoms with E-state index in [0.717, 1.165) is 23.4 Å². The average Bonchev–Trinajstić information content (AvgIpc) is 2.40. The molecule has 2 aromatic rings. The van der Waals surface area contributed by atoms with Gasteiger partial charge in [-0.25, -0.2) is 4.39 Å². The first-order valence-corrected chi connectivity index (χ1v) is 6.84. The Hall–Kier alpha value is -2.03. The summed E-state index contributed by atoms with van der Waals surface area (Å²) in [5, 5.41) is 3.47. The summed E-state index contributed by atoms with van der Waals surface area (Å²) in [6.45, 7) is 4.17. The molecule has 2 nitrogen and oxygen atoms in total.